The van der Waals surface area contributed by atoms with Crippen molar-refractivity contribution in [1.82, 2.24) is 5.32 Å². The average Bonchev–Trinajstić information content (AvgIpc) is 2.74. The van der Waals surface area contributed by atoms with Crippen molar-refractivity contribution in [2.24, 2.45) is 0 Å². The summed E-state index contributed by atoms with van der Waals surface area (Å²) in [5.74, 6) is 1.23. The first-order valence-corrected chi connectivity index (χ1v) is 12.8. The second kappa shape index (κ2) is 12.6. The summed E-state index contributed by atoms with van der Waals surface area (Å²) in [5, 5.41) is 3.22. The lowest BCUT2D eigenvalue weighted by Crippen LogP contribution is -2.32. The minimum Gasteiger partial charge on any atom is -0.495 e. The number of hydrogen-bond donors (Lipinski definition) is 1. The van der Waals surface area contributed by atoms with Gasteiger partial charge in [0.25, 0.3) is 0 Å². The van der Waals surface area contributed by atoms with Crippen LogP contribution in [0.25, 0.3) is 0 Å². The normalized spacial score (nSPS) is 11.1. The molecule has 2 aromatic carbocycles. The Labute approximate surface area is 195 Å². The van der Waals surface area contributed by atoms with Crippen LogP contribution in [0.3, 0.4) is 0 Å². The molecule has 7 nitrogen and oxygen atoms in total. The van der Waals surface area contributed by atoms with Gasteiger partial charge < -0.3 is 14.8 Å². The molecule has 176 valence electrons. The van der Waals surface area contributed by atoms with Crippen LogP contribution in [0.15, 0.2) is 42.5 Å². The van der Waals surface area contributed by atoms with Gasteiger partial charge in [-0.25, -0.2) is 8.42 Å². The van der Waals surface area contributed by atoms with Crippen molar-refractivity contribution in [2.45, 2.75) is 32.6 Å². The Morgan fingerprint density at radius 2 is 1.88 bits per heavy atom. The summed E-state index contributed by atoms with van der Waals surface area (Å²) >= 11 is 6.13. The fourth-order valence-electron chi connectivity index (χ4n) is 3.28. The number of ether oxygens (including phenoxy) is 2. The Morgan fingerprint density at radius 3 is 2.53 bits per heavy atom. The Balaban J connectivity index is 1.81. The van der Waals surface area contributed by atoms with Crippen LogP contribution in [0.4, 0.5) is 5.69 Å². The van der Waals surface area contributed by atoms with Gasteiger partial charge in [0.2, 0.25) is 15.9 Å². The second-order valence-electron chi connectivity index (χ2n) is 7.25. The second-order valence-corrected chi connectivity index (χ2v) is 9.57. The number of methoxy groups -OCH3 is 1. The monoisotopic (exact) mass is 482 g/mol. The summed E-state index contributed by atoms with van der Waals surface area (Å²) < 4.78 is 36.4. The number of anilines is 1. The number of sulfonamides is 1. The fraction of sp³-hybridized carbons (Fsp3) is 0.435. The van der Waals surface area contributed by atoms with Gasteiger partial charge in [-0.3, -0.25) is 9.10 Å². The van der Waals surface area contributed by atoms with Crippen LogP contribution in [-0.4, -0.2) is 47.4 Å². The van der Waals surface area contributed by atoms with Crippen LogP contribution in [0.2, 0.25) is 5.02 Å². The molecule has 32 heavy (non-hydrogen) atoms. The highest BCUT2D eigenvalue weighted by Gasteiger charge is 2.19. The number of nitrogens with one attached hydrogen (secondary N) is 1. The number of carbonyl (C=O) groups is 1. The largest absolute Gasteiger partial charge is 0.495 e. The molecule has 0 saturated heterocycles. The summed E-state index contributed by atoms with van der Waals surface area (Å²) in [6.45, 7) is 3.28. The summed E-state index contributed by atoms with van der Waals surface area (Å²) in [6, 6.07) is 12.7. The van der Waals surface area contributed by atoms with Gasteiger partial charge in [0, 0.05) is 19.5 Å². The number of aryl methyl sites for hydroxylation is 1. The van der Waals surface area contributed by atoms with Crippen molar-refractivity contribution in [1.29, 1.82) is 0 Å². The molecule has 1 N–H and O–H groups in total. The highest BCUT2D eigenvalue weighted by Crippen LogP contribution is 2.30. The SMILES string of the molecule is CCOc1ccccc1CCCNC(=O)CCCN(c1ccc(OC)c(Cl)c1)S(C)(=O)=O. The van der Waals surface area contributed by atoms with Gasteiger partial charge in [0.05, 0.1) is 30.7 Å². The molecular formula is C23H31ClN2O5S. The number of carbonyl (C=O) groups excluding carboxylic acids is 1. The molecule has 0 aromatic heterocycles. The Kier molecular flexibility index (Phi) is 10.1. The third-order valence-corrected chi connectivity index (χ3v) is 6.30. The zero-order valence-corrected chi connectivity index (χ0v) is 20.3. The van der Waals surface area contributed by atoms with E-state index < -0.39 is 10.0 Å². The molecule has 0 atom stereocenters. The molecule has 0 unspecified atom stereocenters. The summed E-state index contributed by atoms with van der Waals surface area (Å²) in [4.78, 5) is 12.2. The van der Waals surface area contributed by atoms with Crippen LogP contribution >= 0.6 is 11.6 Å². The van der Waals surface area contributed by atoms with Crippen LogP contribution in [0.1, 0.15) is 31.7 Å². The summed E-state index contributed by atoms with van der Waals surface area (Å²) in [7, 11) is -2.03. The van der Waals surface area contributed by atoms with Crippen molar-refractivity contribution in [3.63, 3.8) is 0 Å². The van der Waals surface area contributed by atoms with Crippen molar-refractivity contribution in [3.8, 4) is 11.5 Å². The van der Waals surface area contributed by atoms with E-state index in [1.807, 2.05) is 31.2 Å². The lowest BCUT2D eigenvalue weighted by atomic mass is 10.1. The first kappa shape index (κ1) is 25.8. The number of halogens is 1. The number of hydrogen-bond acceptors (Lipinski definition) is 5. The zero-order valence-electron chi connectivity index (χ0n) is 18.8. The van der Waals surface area contributed by atoms with Gasteiger partial charge in [0.1, 0.15) is 11.5 Å². The van der Waals surface area contributed by atoms with E-state index in [1.54, 1.807) is 18.2 Å². The minimum absolute atomic E-state index is 0.107. The van der Waals surface area contributed by atoms with Gasteiger partial charge in [-0.2, -0.15) is 0 Å². The van der Waals surface area contributed by atoms with Gasteiger partial charge in [-0.15, -0.1) is 0 Å². The van der Waals surface area contributed by atoms with E-state index >= 15 is 0 Å². The maximum atomic E-state index is 12.2. The van der Waals surface area contributed by atoms with E-state index in [0.717, 1.165) is 30.4 Å². The third kappa shape index (κ3) is 7.91. The lowest BCUT2D eigenvalue weighted by molar-refractivity contribution is -0.121. The Hall–Kier alpha value is -2.45. The number of rotatable bonds is 13. The fourth-order valence-corrected chi connectivity index (χ4v) is 4.49. The molecular weight excluding hydrogens is 452 g/mol. The van der Waals surface area contributed by atoms with Crippen molar-refractivity contribution >= 4 is 33.2 Å². The molecule has 2 aromatic rings. The summed E-state index contributed by atoms with van der Waals surface area (Å²) in [6.07, 6.45) is 3.33. The molecule has 0 spiro atoms. The summed E-state index contributed by atoms with van der Waals surface area (Å²) in [5.41, 5.74) is 1.55. The van der Waals surface area contributed by atoms with E-state index in [2.05, 4.69) is 5.32 Å². The van der Waals surface area contributed by atoms with E-state index in [1.165, 1.54) is 11.4 Å². The topological polar surface area (TPSA) is 84.9 Å². The number of nitrogens with zero attached hydrogens (tertiary/aromatic N) is 1. The molecule has 1 amide bonds. The lowest BCUT2D eigenvalue weighted by Gasteiger charge is -2.23. The number of amides is 1. The van der Waals surface area contributed by atoms with E-state index in [9.17, 15) is 13.2 Å². The standard InChI is InChI=1S/C23H31ClN2O5S/c1-4-31-21-11-6-5-9-18(21)10-7-15-25-23(27)12-8-16-26(32(3,28)29)19-13-14-22(30-2)20(24)17-19/h5-6,9,11,13-14,17H,4,7-8,10,12,15-16H2,1-3H3,(H,25,27). The van der Waals surface area contributed by atoms with Crippen molar-refractivity contribution < 1.29 is 22.7 Å². The molecule has 0 bridgehead atoms. The Morgan fingerprint density at radius 1 is 1.12 bits per heavy atom. The van der Waals surface area contributed by atoms with Crippen molar-refractivity contribution in [3.05, 3.63) is 53.1 Å². The predicted molar refractivity (Wildman–Crippen MR) is 128 cm³/mol. The quantitative estimate of drug-likeness (QED) is 0.435. The number of benzene rings is 2. The van der Waals surface area contributed by atoms with E-state index in [4.69, 9.17) is 21.1 Å². The van der Waals surface area contributed by atoms with Crippen LogP contribution in [-0.2, 0) is 21.2 Å². The molecule has 0 aliphatic rings. The molecule has 9 heteroatoms. The maximum absolute atomic E-state index is 12.2. The zero-order chi connectivity index (χ0) is 23.6. The first-order chi connectivity index (χ1) is 15.3. The third-order valence-electron chi connectivity index (χ3n) is 4.81. The van der Waals surface area contributed by atoms with Crippen molar-refractivity contribution in [2.75, 3.05) is 37.4 Å². The molecule has 0 fully saturated rings. The maximum Gasteiger partial charge on any atom is 0.232 e. The van der Waals surface area contributed by atoms with E-state index in [0.29, 0.717) is 36.0 Å². The predicted octanol–water partition coefficient (Wildman–Crippen LogP) is 4.04. The first-order valence-electron chi connectivity index (χ1n) is 10.5. The molecule has 0 aliphatic heterocycles. The molecule has 0 heterocycles. The van der Waals surface area contributed by atoms with E-state index in [-0.39, 0.29) is 18.9 Å². The highest BCUT2D eigenvalue weighted by molar-refractivity contribution is 7.92. The van der Waals surface area contributed by atoms with Crippen LogP contribution < -0.4 is 19.1 Å². The van der Waals surface area contributed by atoms with Gasteiger partial charge in [-0.05, 0) is 56.0 Å². The highest BCUT2D eigenvalue weighted by atomic mass is 35.5. The van der Waals surface area contributed by atoms with Gasteiger partial charge >= 0.3 is 0 Å². The molecule has 0 radical (unpaired) electrons. The van der Waals surface area contributed by atoms with Crippen LogP contribution in [0, 0.1) is 0 Å². The minimum atomic E-state index is -3.52. The number of para-hydroxylation sites is 1. The Bertz CT molecular complexity index is 998. The molecule has 2 rings (SSSR count). The van der Waals surface area contributed by atoms with Gasteiger partial charge in [0.15, 0.2) is 0 Å². The smallest absolute Gasteiger partial charge is 0.232 e. The molecule has 0 aliphatic carbocycles. The molecule has 0 saturated carbocycles. The average molecular weight is 483 g/mol. The van der Waals surface area contributed by atoms with Crippen LogP contribution in [0.5, 0.6) is 11.5 Å². The van der Waals surface area contributed by atoms with Gasteiger partial charge in [-0.1, -0.05) is 29.8 Å².